The van der Waals surface area contributed by atoms with Crippen molar-refractivity contribution in [2.45, 2.75) is 30.9 Å². The number of carbonyl (C=O) groups is 1. The fraction of sp³-hybridized carbons (Fsp3) is 0.333. The third kappa shape index (κ3) is 4.25. The topological polar surface area (TPSA) is 66.0 Å². The number of nitrogens with one attached hydrogen (secondary N) is 1. The van der Waals surface area contributed by atoms with Crippen LogP contribution in [0, 0.1) is 0 Å². The lowest BCUT2D eigenvalue weighted by atomic mass is 9.96. The Morgan fingerprint density at radius 1 is 1.48 bits per heavy atom. The molecular formula is C15H17ClN2O2S. The van der Waals surface area contributed by atoms with Gasteiger partial charge in [-0.25, -0.2) is 4.98 Å². The number of nitrogens with zero attached hydrogens (tertiary/aromatic N) is 1. The summed E-state index contributed by atoms with van der Waals surface area (Å²) in [6.45, 7) is 1.99. The van der Waals surface area contributed by atoms with E-state index in [4.69, 9.17) is 16.7 Å². The lowest BCUT2D eigenvalue weighted by molar-refractivity contribution is -0.136. The monoisotopic (exact) mass is 324 g/mol. The molecule has 0 saturated heterocycles. The largest absolute Gasteiger partial charge is 0.481 e. The summed E-state index contributed by atoms with van der Waals surface area (Å²) in [6.07, 6.45) is 2.20. The first-order chi connectivity index (χ1) is 9.97. The van der Waals surface area contributed by atoms with Crippen LogP contribution in [0.25, 0.3) is 0 Å². The van der Waals surface area contributed by atoms with Gasteiger partial charge in [-0.05, 0) is 18.1 Å². The molecule has 2 unspecified atom stereocenters. The van der Waals surface area contributed by atoms with Gasteiger partial charge in [0.05, 0.1) is 6.42 Å². The quantitative estimate of drug-likeness (QED) is 0.714. The summed E-state index contributed by atoms with van der Waals surface area (Å²) < 4.78 is 0. The molecule has 21 heavy (non-hydrogen) atoms. The molecule has 0 aliphatic carbocycles. The molecule has 0 aliphatic heterocycles. The molecule has 4 nitrogen and oxygen atoms in total. The van der Waals surface area contributed by atoms with Gasteiger partial charge in [0.25, 0.3) is 0 Å². The standard InChI is InChI=1S/C15H17ClN2O2S/c1-9(21)12(6-10-4-2-3-5-13(10)16)15-17-8-11(18-15)7-14(19)20/h2-5,8-9,12,21H,6-7H2,1H3,(H,17,18)(H,19,20). The molecule has 1 aromatic carbocycles. The summed E-state index contributed by atoms with van der Waals surface area (Å²) in [4.78, 5) is 18.1. The van der Waals surface area contributed by atoms with E-state index in [-0.39, 0.29) is 17.6 Å². The number of aromatic amines is 1. The molecule has 1 heterocycles. The number of carboxylic acid groups (broad SMARTS) is 1. The Bertz CT molecular complexity index is 628. The highest BCUT2D eigenvalue weighted by Crippen LogP contribution is 2.28. The van der Waals surface area contributed by atoms with Crippen LogP contribution in [-0.2, 0) is 17.6 Å². The number of imidazole rings is 1. The summed E-state index contributed by atoms with van der Waals surface area (Å²) in [5, 5.41) is 9.59. The molecule has 0 spiro atoms. The number of halogens is 1. The van der Waals surface area contributed by atoms with Crippen molar-refractivity contribution in [3.63, 3.8) is 0 Å². The SMILES string of the molecule is CC(S)C(Cc1ccccc1Cl)c1ncc(CC(=O)O)[nH]1. The Morgan fingerprint density at radius 3 is 2.81 bits per heavy atom. The van der Waals surface area contributed by atoms with Crippen molar-refractivity contribution in [2.24, 2.45) is 0 Å². The van der Waals surface area contributed by atoms with E-state index in [2.05, 4.69) is 22.6 Å². The van der Waals surface area contributed by atoms with Crippen LogP contribution in [0.15, 0.2) is 30.5 Å². The van der Waals surface area contributed by atoms with Crippen molar-refractivity contribution in [1.29, 1.82) is 0 Å². The summed E-state index contributed by atoms with van der Waals surface area (Å²) >= 11 is 10.7. The number of hydrogen-bond donors (Lipinski definition) is 3. The molecule has 6 heteroatoms. The van der Waals surface area contributed by atoms with E-state index in [9.17, 15) is 4.79 Å². The number of hydrogen-bond acceptors (Lipinski definition) is 3. The number of rotatable bonds is 6. The van der Waals surface area contributed by atoms with E-state index in [1.807, 2.05) is 31.2 Å². The summed E-state index contributed by atoms with van der Waals surface area (Å²) in [7, 11) is 0. The van der Waals surface area contributed by atoms with Gasteiger partial charge in [0.1, 0.15) is 5.82 Å². The van der Waals surface area contributed by atoms with E-state index in [1.54, 1.807) is 6.20 Å². The number of aliphatic carboxylic acids is 1. The molecular weight excluding hydrogens is 308 g/mol. The Kier molecular flexibility index (Phi) is 5.31. The van der Waals surface area contributed by atoms with Crippen molar-refractivity contribution in [3.8, 4) is 0 Å². The smallest absolute Gasteiger partial charge is 0.309 e. The van der Waals surface area contributed by atoms with E-state index < -0.39 is 5.97 Å². The first-order valence-electron chi connectivity index (χ1n) is 6.64. The molecule has 0 radical (unpaired) electrons. The van der Waals surface area contributed by atoms with E-state index in [0.29, 0.717) is 17.1 Å². The van der Waals surface area contributed by atoms with Crippen LogP contribution in [0.4, 0.5) is 0 Å². The van der Waals surface area contributed by atoms with Crippen LogP contribution in [0.2, 0.25) is 5.02 Å². The maximum atomic E-state index is 10.7. The zero-order chi connectivity index (χ0) is 15.4. The average molecular weight is 325 g/mol. The van der Waals surface area contributed by atoms with Crippen LogP contribution in [-0.4, -0.2) is 26.3 Å². The van der Waals surface area contributed by atoms with E-state index >= 15 is 0 Å². The van der Waals surface area contributed by atoms with Crippen LogP contribution >= 0.6 is 24.2 Å². The highest BCUT2D eigenvalue weighted by molar-refractivity contribution is 7.81. The van der Waals surface area contributed by atoms with Gasteiger partial charge < -0.3 is 10.1 Å². The highest BCUT2D eigenvalue weighted by Gasteiger charge is 2.21. The van der Waals surface area contributed by atoms with Crippen molar-refractivity contribution in [3.05, 3.63) is 52.6 Å². The summed E-state index contributed by atoms with van der Waals surface area (Å²) in [6, 6.07) is 7.67. The van der Waals surface area contributed by atoms with Gasteiger partial charge in [-0.15, -0.1) is 0 Å². The predicted octanol–water partition coefficient (Wildman–Crippen LogP) is 3.33. The maximum Gasteiger partial charge on any atom is 0.309 e. The second kappa shape index (κ2) is 7.00. The molecule has 2 atom stereocenters. The Balaban J connectivity index is 2.21. The molecule has 0 aliphatic rings. The first-order valence-corrected chi connectivity index (χ1v) is 7.54. The zero-order valence-corrected chi connectivity index (χ0v) is 13.2. The summed E-state index contributed by atoms with van der Waals surface area (Å²) in [5.41, 5.74) is 1.62. The van der Waals surface area contributed by atoms with Crippen molar-refractivity contribution < 1.29 is 9.90 Å². The van der Waals surface area contributed by atoms with Gasteiger partial charge in [-0.3, -0.25) is 4.79 Å². The Hall–Kier alpha value is -1.46. The molecule has 112 valence electrons. The minimum absolute atomic E-state index is 0.0378. The number of benzene rings is 1. The van der Waals surface area contributed by atoms with Gasteiger partial charge in [-0.2, -0.15) is 12.6 Å². The highest BCUT2D eigenvalue weighted by atomic mass is 35.5. The van der Waals surface area contributed by atoms with Crippen molar-refractivity contribution in [1.82, 2.24) is 9.97 Å². The fourth-order valence-corrected chi connectivity index (χ4v) is 2.67. The van der Waals surface area contributed by atoms with Gasteiger partial charge >= 0.3 is 5.97 Å². The molecule has 2 rings (SSSR count). The average Bonchev–Trinajstić information content (AvgIpc) is 2.84. The van der Waals surface area contributed by atoms with Crippen molar-refractivity contribution in [2.75, 3.05) is 0 Å². The zero-order valence-electron chi connectivity index (χ0n) is 11.6. The Morgan fingerprint density at radius 2 is 2.19 bits per heavy atom. The van der Waals surface area contributed by atoms with Crippen LogP contribution in [0.3, 0.4) is 0 Å². The number of thiol groups is 1. The van der Waals surface area contributed by atoms with E-state index in [0.717, 1.165) is 11.4 Å². The molecule has 0 bridgehead atoms. The molecule has 2 N–H and O–H groups in total. The van der Waals surface area contributed by atoms with Crippen LogP contribution in [0.1, 0.15) is 29.9 Å². The fourth-order valence-electron chi connectivity index (χ4n) is 2.21. The Labute approximate surface area is 134 Å². The first kappa shape index (κ1) is 15.9. The second-order valence-corrected chi connectivity index (χ2v) is 6.23. The minimum atomic E-state index is -0.883. The third-order valence-corrected chi connectivity index (χ3v) is 4.05. The number of carboxylic acids is 1. The normalized spacial score (nSPS) is 13.9. The number of H-pyrrole nitrogens is 1. The van der Waals surface area contributed by atoms with Gasteiger partial charge in [0, 0.05) is 28.1 Å². The molecule has 1 aromatic heterocycles. The van der Waals surface area contributed by atoms with Crippen LogP contribution in [0.5, 0.6) is 0 Å². The van der Waals surface area contributed by atoms with Crippen molar-refractivity contribution >= 4 is 30.2 Å². The molecule has 0 saturated carbocycles. The lowest BCUT2D eigenvalue weighted by Crippen LogP contribution is -2.15. The van der Waals surface area contributed by atoms with Gasteiger partial charge in [0.2, 0.25) is 0 Å². The molecule has 0 fully saturated rings. The van der Waals surface area contributed by atoms with E-state index in [1.165, 1.54) is 0 Å². The number of aromatic nitrogens is 2. The van der Waals surface area contributed by atoms with Crippen LogP contribution < -0.4 is 0 Å². The molecule has 0 amide bonds. The van der Waals surface area contributed by atoms with Gasteiger partial charge in [-0.1, -0.05) is 36.7 Å². The minimum Gasteiger partial charge on any atom is -0.481 e. The second-order valence-electron chi connectivity index (χ2n) is 5.01. The lowest BCUT2D eigenvalue weighted by Gasteiger charge is -2.18. The summed E-state index contributed by atoms with van der Waals surface area (Å²) in [5.74, 6) is -0.101. The van der Waals surface area contributed by atoms with Gasteiger partial charge in [0.15, 0.2) is 0 Å². The molecule has 2 aromatic rings. The third-order valence-electron chi connectivity index (χ3n) is 3.32. The maximum absolute atomic E-state index is 10.7. The predicted molar refractivity (Wildman–Crippen MR) is 86.3 cm³/mol.